The number of guanidine groups is 1. The van der Waals surface area contributed by atoms with E-state index < -0.39 is 0 Å². The second-order valence-electron chi connectivity index (χ2n) is 7.33. The topological polar surface area (TPSA) is 39.7 Å². The maximum atomic E-state index is 4.40. The highest BCUT2D eigenvalue weighted by molar-refractivity contribution is 14.0. The van der Waals surface area contributed by atoms with Crippen LogP contribution in [0.1, 0.15) is 64.2 Å². The van der Waals surface area contributed by atoms with Gasteiger partial charge in [0.1, 0.15) is 0 Å². The van der Waals surface area contributed by atoms with Crippen molar-refractivity contribution < 1.29 is 0 Å². The Balaban J connectivity index is 0.00000312. The number of thioether (sulfide) groups is 1. The molecule has 0 amide bonds. The van der Waals surface area contributed by atoms with E-state index in [0.717, 1.165) is 17.8 Å². The van der Waals surface area contributed by atoms with E-state index >= 15 is 0 Å². The molecule has 1 heterocycles. The Kier molecular flexibility index (Phi) is 13.4. The van der Waals surface area contributed by atoms with Gasteiger partial charge in [-0.2, -0.15) is 11.8 Å². The Morgan fingerprint density at radius 1 is 1.08 bits per heavy atom. The van der Waals surface area contributed by atoms with Gasteiger partial charge < -0.3 is 15.5 Å². The lowest BCUT2D eigenvalue weighted by Gasteiger charge is -2.29. The summed E-state index contributed by atoms with van der Waals surface area (Å²) in [5, 5.41) is 7.96. The first-order chi connectivity index (χ1) is 11.8. The van der Waals surface area contributed by atoms with Gasteiger partial charge in [0.25, 0.3) is 0 Å². The summed E-state index contributed by atoms with van der Waals surface area (Å²) in [4.78, 5) is 7.05. The number of aliphatic imine (C=N–C) groups is 1. The van der Waals surface area contributed by atoms with Crippen LogP contribution in [-0.4, -0.2) is 61.6 Å². The van der Waals surface area contributed by atoms with Crippen molar-refractivity contribution in [3.63, 3.8) is 0 Å². The summed E-state index contributed by atoms with van der Waals surface area (Å²) in [6.07, 6.45) is 15.7. The summed E-state index contributed by atoms with van der Waals surface area (Å²) in [6.45, 7) is 4.99. The van der Waals surface area contributed by atoms with E-state index in [1.165, 1.54) is 83.8 Å². The fourth-order valence-electron chi connectivity index (χ4n) is 3.91. The van der Waals surface area contributed by atoms with Gasteiger partial charge in [0.2, 0.25) is 0 Å². The molecule has 2 N–H and O–H groups in total. The lowest BCUT2D eigenvalue weighted by Crippen LogP contribution is -2.45. The lowest BCUT2D eigenvalue weighted by atomic mass is 9.95. The number of nitrogens with one attached hydrogen (secondary N) is 2. The minimum atomic E-state index is 0. The third-order valence-corrected chi connectivity index (χ3v) is 6.51. The van der Waals surface area contributed by atoms with Crippen LogP contribution in [0.4, 0.5) is 0 Å². The average Bonchev–Trinajstić information content (AvgIpc) is 2.64. The molecule has 2 atom stereocenters. The minimum absolute atomic E-state index is 0. The van der Waals surface area contributed by atoms with E-state index in [2.05, 4.69) is 26.8 Å². The molecule has 1 aliphatic carbocycles. The van der Waals surface area contributed by atoms with Crippen LogP contribution in [0.15, 0.2) is 4.99 Å². The maximum Gasteiger partial charge on any atom is 0.191 e. The van der Waals surface area contributed by atoms with Crippen LogP contribution in [0, 0.1) is 0 Å². The molecule has 1 saturated heterocycles. The number of nitrogens with zero attached hydrogens (tertiary/aromatic N) is 2. The molecule has 4 nitrogen and oxygen atoms in total. The van der Waals surface area contributed by atoms with Gasteiger partial charge in [-0.1, -0.05) is 19.3 Å². The zero-order valence-corrected chi connectivity index (χ0v) is 19.4. The molecule has 0 aromatic heterocycles. The highest BCUT2D eigenvalue weighted by Crippen LogP contribution is 2.26. The highest BCUT2D eigenvalue weighted by atomic mass is 127. The van der Waals surface area contributed by atoms with Crippen molar-refractivity contribution in [1.82, 2.24) is 15.5 Å². The number of hydrogen-bond acceptors (Lipinski definition) is 3. The number of hydrogen-bond donors (Lipinski definition) is 2. The van der Waals surface area contributed by atoms with Crippen LogP contribution in [0.2, 0.25) is 0 Å². The molecule has 2 rings (SSSR count). The fraction of sp³-hybridized carbons (Fsp3) is 0.947. The smallest absolute Gasteiger partial charge is 0.191 e. The van der Waals surface area contributed by atoms with E-state index in [-0.39, 0.29) is 24.0 Å². The van der Waals surface area contributed by atoms with E-state index in [4.69, 9.17) is 0 Å². The zero-order chi connectivity index (χ0) is 17.0. The summed E-state index contributed by atoms with van der Waals surface area (Å²) in [5.41, 5.74) is 0. The highest BCUT2D eigenvalue weighted by Gasteiger charge is 2.21. The van der Waals surface area contributed by atoms with Crippen LogP contribution < -0.4 is 10.6 Å². The minimum Gasteiger partial charge on any atom is -0.356 e. The number of unbranched alkanes of at least 4 members (excludes halogenated alkanes) is 2. The molecule has 1 aliphatic heterocycles. The molecule has 0 spiro atoms. The zero-order valence-electron chi connectivity index (χ0n) is 16.3. The average molecular weight is 483 g/mol. The Bertz CT molecular complexity index is 361. The van der Waals surface area contributed by atoms with Gasteiger partial charge in [-0.25, -0.2) is 0 Å². The van der Waals surface area contributed by atoms with Gasteiger partial charge in [0.15, 0.2) is 5.96 Å². The second-order valence-corrected chi connectivity index (χ2v) is 8.47. The number of piperidine rings is 1. The lowest BCUT2D eigenvalue weighted by molar-refractivity contribution is 0.224. The van der Waals surface area contributed by atoms with E-state index in [0.29, 0.717) is 6.04 Å². The molecule has 0 aromatic rings. The molecule has 1 saturated carbocycles. The quantitative estimate of drug-likeness (QED) is 0.237. The molecule has 25 heavy (non-hydrogen) atoms. The van der Waals surface area contributed by atoms with Crippen LogP contribution in [-0.2, 0) is 0 Å². The van der Waals surface area contributed by atoms with Gasteiger partial charge in [-0.15, -0.1) is 24.0 Å². The first kappa shape index (κ1) is 23.3. The Morgan fingerprint density at radius 2 is 1.88 bits per heavy atom. The summed E-state index contributed by atoms with van der Waals surface area (Å²) in [6, 6.07) is 0.599. The van der Waals surface area contributed by atoms with E-state index in [1.54, 1.807) is 0 Å². The Morgan fingerprint density at radius 3 is 2.60 bits per heavy atom. The van der Waals surface area contributed by atoms with Crippen LogP contribution in [0.25, 0.3) is 0 Å². The van der Waals surface area contributed by atoms with Crippen molar-refractivity contribution in [3.8, 4) is 0 Å². The first-order valence-corrected chi connectivity index (χ1v) is 11.3. The number of rotatable bonds is 8. The largest absolute Gasteiger partial charge is 0.356 e. The van der Waals surface area contributed by atoms with Crippen molar-refractivity contribution >= 4 is 41.7 Å². The summed E-state index contributed by atoms with van der Waals surface area (Å²) in [7, 11) is 1.89. The third-order valence-electron chi connectivity index (χ3n) is 5.42. The van der Waals surface area contributed by atoms with E-state index in [1.807, 2.05) is 18.8 Å². The van der Waals surface area contributed by atoms with Gasteiger partial charge in [-0.3, -0.25) is 4.99 Å². The molecular weight excluding hydrogens is 443 g/mol. The molecule has 2 unspecified atom stereocenters. The summed E-state index contributed by atoms with van der Waals surface area (Å²) >= 11 is 2.02. The van der Waals surface area contributed by atoms with Crippen LogP contribution >= 0.6 is 35.7 Å². The van der Waals surface area contributed by atoms with Crippen molar-refractivity contribution in [2.45, 2.75) is 75.5 Å². The van der Waals surface area contributed by atoms with Gasteiger partial charge >= 0.3 is 0 Å². The standard InChI is InChI=1S/C19H38N4S.HI/c1-20-19(22-17-10-9-11-18(16-17)24-2)21-12-5-3-6-13-23-14-7-4-8-15-23;/h17-18H,3-16H2,1-2H3,(H2,20,21,22);1H. The molecular formula is C19H39IN4S. The summed E-state index contributed by atoms with van der Waals surface area (Å²) < 4.78 is 0. The molecule has 0 bridgehead atoms. The van der Waals surface area contributed by atoms with Crippen molar-refractivity contribution in [3.05, 3.63) is 0 Å². The molecule has 2 aliphatic rings. The Labute approximate surface area is 176 Å². The normalized spacial score (nSPS) is 25.3. The van der Waals surface area contributed by atoms with Gasteiger partial charge in [0, 0.05) is 24.9 Å². The van der Waals surface area contributed by atoms with Crippen LogP contribution in [0.5, 0.6) is 0 Å². The van der Waals surface area contributed by atoms with Crippen molar-refractivity contribution in [2.24, 2.45) is 4.99 Å². The SMILES string of the molecule is CN=C(NCCCCCN1CCCCC1)NC1CCCC(SC)C1.I. The predicted molar refractivity (Wildman–Crippen MR) is 124 cm³/mol. The van der Waals surface area contributed by atoms with E-state index in [9.17, 15) is 0 Å². The summed E-state index contributed by atoms with van der Waals surface area (Å²) in [5.74, 6) is 0.998. The van der Waals surface area contributed by atoms with Crippen molar-refractivity contribution in [2.75, 3.05) is 39.5 Å². The van der Waals surface area contributed by atoms with Gasteiger partial charge in [0.05, 0.1) is 0 Å². The molecule has 2 fully saturated rings. The number of likely N-dealkylation sites (tertiary alicyclic amines) is 1. The van der Waals surface area contributed by atoms with Crippen LogP contribution in [0.3, 0.4) is 0 Å². The number of halogens is 1. The molecule has 6 heteroatoms. The van der Waals surface area contributed by atoms with Crippen molar-refractivity contribution in [1.29, 1.82) is 0 Å². The molecule has 148 valence electrons. The molecule has 0 aromatic carbocycles. The first-order valence-electron chi connectivity index (χ1n) is 10.0. The Hall–Kier alpha value is 0.310. The predicted octanol–water partition coefficient (Wildman–Crippen LogP) is 4.10. The maximum absolute atomic E-state index is 4.40. The monoisotopic (exact) mass is 482 g/mol. The fourth-order valence-corrected chi connectivity index (χ4v) is 4.73. The molecule has 0 radical (unpaired) electrons. The van der Waals surface area contributed by atoms with Gasteiger partial charge in [-0.05, 0) is 70.8 Å². The second kappa shape index (κ2) is 14.4. The third kappa shape index (κ3) is 9.70.